The lowest BCUT2D eigenvalue weighted by Gasteiger charge is -2.26. The molecule has 3 atom stereocenters. The quantitative estimate of drug-likeness (QED) is 0.893. The van der Waals surface area contributed by atoms with Crippen LogP contribution in [-0.4, -0.2) is 29.0 Å². The Balaban J connectivity index is 1.71. The van der Waals surface area contributed by atoms with E-state index in [0.717, 1.165) is 31.2 Å². The number of nitrogens with one attached hydrogen (secondary N) is 1. The van der Waals surface area contributed by atoms with Crippen molar-refractivity contribution in [2.45, 2.75) is 43.8 Å². The van der Waals surface area contributed by atoms with E-state index in [1.807, 2.05) is 11.8 Å². The van der Waals surface area contributed by atoms with E-state index in [1.54, 1.807) is 0 Å². The third-order valence-corrected chi connectivity index (χ3v) is 5.40. The van der Waals surface area contributed by atoms with E-state index in [-0.39, 0.29) is 0 Å². The van der Waals surface area contributed by atoms with Gasteiger partial charge in [0.25, 0.3) is 0 Å². The number of rotatable bonds is 2. The van der Waals surface area contributed by atoms with E-state index in [9.17, 15) is 0 Å². The van der Waals surface area contributed by atoms with E-state index in [2.05, 4.69) is 22.4 Å². The Morgan fingerprint density at radius 2 is 2.28 bits per heavy atom. The average molecular weight is 267 g/mol. The molecule has 0 amide bonds. The predicted molar refractivity (Wildman–Crippen MR) is 72.7 cm³/mol. The Morgan fingerprint density at radius 3 is 3.06 bits per heavy atom. The molecule has 100 valence electrons. The second kappa shape index (κ2) is 5.61. The van der Waals surface area contributed by atoms with Gasteiger partial charge in [0, 0.05) is 5.92 Å². The zero-order valence-corrected chi connectivity index (χ0v) is 11.7. The van der Waals surface area contributed by atoms with E-state index in [1.165, 1.54) is 25.0 Å². The molecule has 0 bridgehead atoms. The third kappa shape index (κ3) is 2.57. The predicted octanol–water partition coefficient (Wildman–Crippen LogP) is 2.74. The standard InChI is InChI=1S/C13H21N3OS/c1-9-8-14-6-5-10(9)13-15-12(16-17-13)11-4-2-3-7-18-11/h9-11,14H,2-8H2,1H3. The molecule has 2 aliphatic heterocycles. The third-order valence-electron chi connectivity index (χ3n) is 4.03. The zero-order chi connectivity index (χ0) is 12.4. The fourth-order valence-electron chi connectivity index (χ4n) is 2.85. The van der Waals surface area contributed by atoms with Gasteiger partial charge >= 0.3 is 0 Å². The highest BCUT2D eigenvalue weighted by molar-refractivity contribution is 7.99. The molecule has 3 unspecified atom stereocenters. The molecular formula is C13H21N3OS. The van der Waals surface area contributed by atoms with Crippen LogP contribution >= 0.6 is 11.8 Å². The van der Waals surface area contributed by atoms with Crippen molar-refractivity contribution < 1.29 is 4.52 Å². The molecule has 1 aromatic rings. The van der Waals surface area contributed by atoms with Crippen molar-refractivity contribution in [3.8, 4) is 0 Å². The van der Waals surface area contributed by atoms with E-state index < -0.39 is 0 Å². The van der Waals surface area contributed by atoms with Crippen molar-refractivity contribution >= 4 is 11.8 Å². The molecule has 2 saturated heterocycles. The van der Waals surface area contributed by atoms with Crippen molar-refractivity contribution in [1.29, 1.82) is 0 Å². The van der Waals surface area contributed by atoms with Crippen molar-refractivity contribution in [2.24, 2.45) is 5.92 Å². The Kier molecular flexibility index (Phi) is 3.89. The molecule has 3 rings (SSSR count). The highest BCUT2D eigenvalue weighted by Crippen LogP contribution is 2.38. The number of hydrogen-bond donors (Lipinski definition) is 1. The monoisotopic (exact) mass is 267 g/mol. The minimum absolute atomic E-state index is 0.445. The maximum absolute atomic E-state index is 5.53. The average Bonchev–Trinajstić information content (AvgIpc) is 2.90. The van der Waals surface area contributed by atoms with Crippen LogP contribution in [0.25, 0.3) is 0 Å². The van der Waals surface area contributed by atoms with Crippen LogP contribution in [0.5, 0.6) is 0 Å². The van der Waals surface area contributed by atoms with E-state index >= 15 is 0 Å². The van der Waals surface area contributed by atoms with Gasteiger partial charge in [0.2, 0.25) is 5.89 Å². The highest BCUT2D eigenvalue weighted by atomic mass is 32.2. The molecular weight excluding hydrogens is 246 g/mol. The molecule has 18 heavy (non-hydrogen) atoms. The van der Waals surface area contributed by atoms with Gasteiger partial charge < -0.3 is 9.84 Å². The maximum Gasteiger partial charge on any atom is 0.230 e. The van der Waals surface area contributed by atoms with Gasteiger partial charge in [0.15, 0.2) is 5.82 Å². The van der Waals surface area contributed by atoms with Crippen molar-refractivity contribution in [3.05, 3.63) is 11.7 Å². The zero-order valence-electron chi connectivity index (χ0n) is 10.9. The molecule has 0 spiro atoms. The minimum Gasteiger partial charge on any atom is -0.339 e. The van der Waals surface area contributed by atoms with Gasteiger partial charge in [-0.25, -0.2) is 0 Å². The Labute approximate surface area is 112 Å². The van der Waals surface area contributed by atoms with Gasteiger partial charge in [-0.15, -0.1) is 0 Å². The normalized spacial score (nSPS) is 33.5. The second-order valence-corrected chi connectivity index (χ2v) is 6.73. The Hall–Kier alpha value is -0.550. The lowest BCUT2D eigenvalue weighted by atomic mass is 9.88. The first-order valence-electron chi connectivity index (χ1n) is 7.00. The Morgan fingerprint density at radius 1 is 1.33 bits per heavy atom. The van der Waals surface area contributed by atoms with Crippen LogP contribution in [0.1, 0.15) is 55.5 Å². The molecule has 0 aliphatic carbocycles. The summed E-state index contributed by atoms with van der Waals surface area (Å²) in [5.41, 5.74) is 0. The number of aromatic nitrogens is 2. The van der Waals surface area contributed by atoms with Crippen LogP contribution in [-0.2, 0) is 0 Å². The summed E-state index contributed by atoms with van der Waals surface area (Å²) in [4.78, 5) is 4.68. The molecule has 0 saturated carbocycles. The molecule has 4 nitrogen and oxygen atoms in total. The molecule has 2 fully saturated rings. The summed E-state index contributed by atoms with van der Waals surface area (Å²) in [7, 11) is 0. The topological polar surface area (TPSA) is 51.0 Å². The van der Waals surface area contributed by atoms with E-state index in [0.29, 0.717) is 17.1 Å². The summed E-state index contributed by atoms with van der Waals surface area (Å²) < 4.78 is 5.53. The number of thioether (sulfide) groups is 1. The summed E-state index contributed by atoms with van der Waals surface area (Å²) >= 11 is 1.98. The van der Waals surface area contributed by atoms with Gasteiger partial charge in [-0.2, -0.15) is 16.7 Å². The van der Waals surface area contributed by atoms with Gasteiger partial charge in [0.1, 0.15) is 0 Å². The molecule has 0 radical (unpaired) electrons. The molecule has 3 heterocycles. The maximum atomic E-state index is 5.53. The highest BCUT2D eigenvalue weighted by Gasteiger charge is 2.29. The van der Waals surface area contributed by atoms with Gasteiger partial charge in [0.05, 0.1) is 5.25 Å². The fraction of sp³-hybridized carbons (Fsp3) is 0.846. The molecule has 2 aliphatic rings. The van der Waals surface area contributed by atoms with Gasteiger partial charge in [-0.1, -0.05) is 18.5 Å². The smallest absolute Gasteiger partial charge is 0.230 e. The number of nitrogens with zero attached hydrogens (tertiary/aromatic N) is 2. The molecule has 1 N–H and O–H groups in total. The van der Waals surface area contributed by atoms with Gasteiger partial charge in [-0.3, -0.25) is 0 Å². The largest absolute Gasteiger partial charge is 0.339 e. The minimum atomic E-state index is 0.445. The SMILES string of the molecule is CC1CNCCC1c1nc(C2CCCCS2)no1. The first-order valence-corrected chi connectivity index (χ1v) is 8.05. The fourth-order valence-corrected chi connectivity index (χ4v) is 4.09. The van der Waals surface area contributed by atoms with Crippen LogP contribution < -0.4 is 5.32 Å². The number of piperidine rings is 1. The van der Waals surface area contributed by atoms with E-state index in [4.69, 9.17) is 4.52 Å². The summed E-state index contributed by atoms with van der Waals surface area (Å²) in [5.74, 6) is 4.07. The van der Waals surface area contributed by atoms with Crippen molar-refractivity contribution in [3.63, 3.8) is 0 Å². The van der Waals surface area contributed by atoms with Crippen LogP contribution in [0.2, 0.25) is 0 Å². The number of hydrogen-bond acceptors (Lipinski definition) is 5. The van der Waals surface area contributed by atoms with Crippen LogP contribution in [0.15, 0.2) is 4.52 Å². The van der Waals surface area contributed by atoms with Crippen molar-refractivity contribution in [2.75, 3.05) is 18.8 Å². The lowest BCUT2D eigenvalue weighted by Crippen LogP contribution is -2.33. The Bertz CT molecular complexity index is 389. The van der Waals surface area contributed by atoms with Crippen LogP contribution in [0.3, 0.4) is 0 Å². The first kappa shape index (κ1) is 12.5. The van der Waals surface area contributed by atoms with Crippen LogP contribution in [0.4, 0.5) is 0 Å². The molecule has 0 aromatic carbocycles. The summed E-state index contributed by atoms with van der Waals surface area (Å²) in [6.45, 7) is 4.38. The molecule has 5 heteroatoms. The summed E-state index contributed by atoms with van der Waals surface area (Å²) in [5, 5.41) is 8.10. The lowest BCUT2D eigenvalue weighted by molar-refractivity contribution is 0.269. The second-order valence-electron chi connectivity index (χ2n) is 5.42. The van der Waals surface area contributed by atoms with Crippen molar-refractivity contribution in [1.82, 2.24) is 15.5 Å². The summed E-state index contributed by atoms with van der Waals surface area (Å²) in [6, 6.07) is 0. The van der Waals surface area contributed by atoms with Gasteiger partial charge in [-0.05, 0) is 44.0 Å². The summed E-state index contributed by atoms with van der Waals surface area (Å²) in [6.07, 6.45) is 4.94. The van der Waals surface area contributed by atoms with Crippen LogP contribution in [0, 0.1) is 5.92 Å². The first-order chi connectivity index (χ1) is 8.84. The molecule has 1 aromatic heterocycles.